The van der Waals surface area contributed by atoms with E-state index in [2.05, 4.69) is 36.3 Å². The van der Waals surface area contributed by atoms with Gasteiger partial charge in [0.1, 0.15) is 11.4 Å². The Labute approximate surface area is 111 Å². The van der Waals surface area contributed by atoms with Crippen LogP contribution in [0.25, 0.3) is 0 Å². The summed E-state index contributed by atoms with van der Waals surface area (Å²) in [5, 5.41) is 3.58. The second kappa shape index (κ2) is 4.37. The van der Waals surface area contributed by atoms with Gasteiger partial charge in [-0.05, 0) is 19.9 Å². The Kier molecular flexibility index (Phi) is 2.84. The van der Waals surface area contributed by atoms with Crippen LogP contribution in [0.1, 0.15) is 30.3 Å². The summed E-state index contributed by atoms with van der Waals surface area (Å²) >= 11 is 1.67. The molecule has 1 aliphatic heterocycles. The highest BCUT2D eigenvalue weighted by Gasteiger charge is 2.40. The van der Waals surface area contributed by atoms with E-state index in [4.69, 9.17) is 4.74 Å². The van der Waals surface area contributed by atoms with Crippen molar-refractivity contribution in [1.29, 1.82) is 0 Å². The molecule has 1 unspecified atom stereocenters. The molecule has 0 radical (unpaired) electrons. The van der Waals surface area contributed by atoms with E-state index in [1.54, 1.807) is 11.3 Å². The molecule has 2 heterocycles. The van der Waals surface area contributed by atoms with E-state index >= 15 is 0 Å². The summed E-state index contributed by atoms with van der Waals surface area (Å²) in [5.41, 5.74) is 2.89. The van der Waals surface area contributed by atoms with Gasteiger partial charge in [-0.2, -0.15) is 0 Å². The first-order valence-corrected chi connectivity index (χ1v) is 6.93. The van der Waals surface area contributed by atoms with Gasteiger partial charge in [-0.3, -0.25) is 4.98 Å². The summed E-state index contributed by atoms with van der Waals surface area (Å²) in [6.45, 7) is 5.07. The number of fused-ring (bicyclic) bond motifs is 1. The molecule has 1 aromatic heterocycles. The molecule has 3 rings (SSSR count). The highest BCUT2D eigenvalue weighted by Crippen LogP contribution is 2.42. The van der Waals surface area contributed by atoms with Gasteiger partial charge in [0, 0.05) is 23.2 Å². The van der Waals surface area contributed by atoms with Crippen molar-refractivity contribution in [2.75, 3.05) is 0 Å². The zero-order chi connectivity index (χ0) is 12.6. The molecule has 1 aliphatic rings. The number of hydrogen-bond donors (Lipinski definition) is 1. The van der Waals surface area contributed by atoms with E-state index in [1.165, 1.54) is 10.4 Å². The minimum atomic E-state index is -0.214. The maximum absolute atomic E-state index is 6.00. The lowest BCUT2D eigenvalue weighted by Gasteiger charge is -2.27. The first-order chi connectivity index (χ1) is 8.67. The molecule has 0 saturated carbocycles. The number of para-hydroxylation sites is 1. The van der Waals surface area contributed by atoms with Crippen molar-refractivity contribution in [1.82, 2.24) is 10.3 Å². The number of nitrogens with zero attached hydrogens (tertiary/aromatic N) is 1. The van der Waals surface area contributed by atoms with Crippen LogP contribution >= 0.6 is 11.3 Å². The summed E-state index contributed by atoms with van der Waals surface area (Å²) in [5.74, 6) is 0.990. The fourth-order valence-electron chi connectivity index (χ4n) is 2.42. The number of thiazole rings is 1. The molecule has 18 heavy (non-hydrogen) atoms. The molecule has 4 heteroatoms. The lowest BCUT2D eigenvalue weighted by molar-refractivity contribution is 0.0959. The highest BCUT2D eigenvalue weighted by molar-refractivity contribution is 7.09. The van der Waals surface area contributed by atoms with E-state index in [9.17, 15) is 0 Å². The molecule has 1 aromatic carbocycles. The average Bonchev–Trinajstić information content (AvgIpc) is 2.91. The van der Waals surface area contributed by atoms with Crippen molar-refractivity contribution in [3.63, 3.8) is 0 Å². The Morgan fingerprint density at radius 3 is 3.00 bits per heavy atom. The third-order valence-corrected chi connectivity index (χ3v) is 4.04. The molecule has 0 saturated heterocycles. The standard InChI is InChI=1S/C14H16N2OS/c1-14(2)13(16-8-10-7-15-9-18-10)11-5-3-4-6-12(11)17-14/h3-7,9,13,16H,8H2,1-2H3. The summed E-state index contributed by atoms with van der Waals surface area (Å²) < 4.78 is 6.00. The lowest BCUT2D eigenvalue weighted by atomic mass is 9.94. The highest BCUT2D eigenvalue weighted by atomic mass is 32.1. The Hall–Kier alpha value is -1.39. The lowest BCUT2D eigenvalue weighted by Crippen LogP contribution is -2.38. The molecule has 3 nitrogen and oxygen atoms in total. The minimum Gasteiger partial charge on any atom is -0.486 e. The Bertz CT molecular complexity index is 536. The predicted octanol–water partition coefficient (Wildman–Crippen LogP) is 3.15. The van der Waals surface area contributed by atoms with E-state index in [0.717, 1.165) is 12.3 Å². The third-order valence-electron chi connectivity index (χ3n) is 3.26. The number of nitrogens with one attached hydrogen (secondary N) is 1. The van der Waals surface area contributed by atoms with Crippen molar-refractivity contribution < 1.29 is 4.74 Å². The fourth-order valence-corrected chi connectivity index (χ4v) is 2.96. The molecule has 94 valence electrons. The van der Waals surface area contributed by atoms with Crippen LogP contribution in [-0.4, -0.2) is 10.6 Å². The maximum Gasteiger partial charge on any atom is 0.125 e. The Balaban J connectivity index is 1.81. The van der Waals surface area contributed by atoms with Crippen molar-refractivity contribution in [2.24, 2.45) is 0 Å². The van der Waals surface area contributed by atoms with Crippen LogP contribution < -0.4 is 10.1 Å². The van der Waals surface area contributed by atoms with Crippen molar-refractivity contribution in [3.05, 3.63) is 46.4 Å². The third kappa shape index (κ3) is 2.02. The molecule has 1 N–H and O–H groups in total. The Morgan fingerprint density at radius 2 is 2.22 bits per heavy atom. The summed E-state index contributed by atoms with van der Waals surface area (Å²) in [6, 6.07) is 8.46. The number of ether oxygens (including phenoxy) is 1. The van der Waals surface area contributed by atoms with E-state index in [-0.39, 0.29) is 11.6 Å². The van der Waals surface area contributed by atoms with Crippen LogP contribution in [0, 0.1) is 0 Å². The number of hydrogen-bond acceptors (Lipinski definition) is 4. The number of rotatable bonds is 3. The summed E-state index contributed by atoms with van der Waals surface area (Å²) in [4.78, 5) is 5.34. The van der Waals surface area contributed by atoms with E-state index in [0.29, 0.717) is 0 Å². The minimum absolute atomic E-state index is 0.214. The largest absolute Gasteiger partial charge is 0.486 e. The van der Waals surface area contributed by atoms with Crippen LogP contribution in [0.15, 0.2) is 36.0 Å². The molecule has 1 atom stereocenters. The van der Waals surface area contributed by atoms with Crippen LogP contribution in [-0.2, 0) is 6.54 Å². The van der Waals surface area contributed by atoms with E-state index in [1.807, 2.05) is 23.8 Å². The van der Waals surface area contributed by atoms with Gasteiger partial charge >= 0.3 is 0 Å². The molecule has 0 fully saturated rings. The van der Waals surface area contributed by atoms with E-state index < -0.39 is 0 Å². The topological polar surface area (TPSA) is 34.1 Å². The van der Waals surface area contributed by atoms with Crippen molar-refractivity contribution in [2.45, 2.75) is 32.0 Å². The molecule has 0 amide bonds. The SMILES string of the molecule is CC1(C)Oc2ccccc2C1NCc1cncs1. The monoisotopic (exact) mass is 260 g/mol. The van der Waals surface area contributed by atoms with Gasteiger partial charge in [-0.15, -0.1) is 11.3 Å². The first kappa shape index (κ1) is 11.7. The molecular formula is C14H16N2OS. The van der Waals surface area contributed by atoms with Crippen LogP contribution in [0.5, 0.6) is 5.75 Å². The zero-order valence-electron chi connectivity index (χ0n) is 10.5. The van der Waals surface area contributed by atoms with Gasteiger partial charge in [0.15, 0.2) is 0 Å². The molecule has 0 spiro atoms. The van der Waals surface area contributed by atoms with Crippen LogP contribution in [0.3, 0.4) is 0 Å². The number of benzene rings is 1. The first-order valence-electron chi connectivity index (χ1n) is 6.05. The quantitative estimate of drug-likeness (QED) is 0.920. The van der Waals surface area contributed by atoms with Gasteiger partial charge in [0.2, 0.25) is 0 Å². The molecular weight excluding hydrogens is 244 g/mol. The zero-order valence-corrected chi connectivity index (χ0v) is 11.3. The number of aromatic nitrogens is 1. The smallest absolute Gasteiger partial charge is 0.125 e. The van der Waals surface area contributed by atoms with Gasteiger partial charge in [-0.1, -0.05) is 18.2 Å². The summed E-state index contributed by atoms with van der Waals surface area (Å²) in [6.07, 6.45) is 1.91. The average molecular weight is 260 g/mol. The normalized spacial score (nSPS) is 20.4. The van der Waals surface area contributed by atoms with Crippen LogP contribution in [0.2, 0.25) is 0 Å². The molecule has 0 aliphatic carbocycles. The predicted molar refractivity (Wildman–Crippen MR) is 72.8 cm³/mol. The summed E-state index contributed by atoms with van der Waals surface area (Å²) in [7, 11) is 0. The van der Waals surface area contributed by atoms with Gasteiger partial charge in [0.25, 0.3) is 0 Å². The van der Waals surface area contributed by atoms with Crippen molar-refractivity contribution >= 4 is 11.3 Å². The fraction of sp³-hybridized carbons (Fsp3) is 0.357. The molecule has 2 aromatic rings. The van der Waals surface area contributed by atoms with Crippen LogP contribution in [0.4, 0.5) is 0 Å². The van der Waals surface area contributed by atoms with Gasteiger partial charge in [0.05, 0.1) is 11.6 Å². The maximum atomic E-state index is 6.00. The Morgan fingerprint density at radius 1 is 1.39 bits per heavy atom. The second-order valence-corrected chi connectivity index (χ2v) is 6.00. The van der Waals surface area contributed by atoms with Gasteiger partial charge in [-0.25, -0.2) is 0 Å². The molecule has 0 bridgehead atoms. The second-order valence-electron chi connectivity index (χ2n) is 5.02. The van der Waals surface area contributed by atoms with Gasteiger partial charge < -0.3 is 10.1 Å². The van der Waals surface area contributed by atoms with Crippen molar-refractivity contribution in [3.8, 4) is 5.75 Å².